The van der Waals surface area contributed by atoms with Crippen LogP contribution in [0.3, 0.4) is 0 Å². The van der Waals surface area contributed by atoms with Crippen molar-refractivity contribution in [2.45, 2.75) is 50.9 Å². The summed E-state index contributed by atoms with van der Waals surface area (Å²) in [5.74, 6) is 0.907. The number of nitrogens with zero attached hydrogens (tertiary/aromatic N) is 2. The zero-order chi connectivity index (χ0) is 35.5. The molecule has 4 heterocycles. The fourth-order valence-electron chi connectivity index (χ4n) is 6.81. The molecule has 0 radical (unpaired) electrons. The molecule has 2 aliphatic rings. The van der Waals surface area contributed by atoms with Crippen molar-refractivity contribution in [2.24, 2.45) is 0 Å². The Balaban J connectivity index is 1.10. The highest BCUT2D eigenvalue weighted by atomic mass is 35.5. The lowest BCUT2D eigenvalue weighted by Crippen LogP contribution is -2.36. The summed E-state index contributed by atoms with van der Waals surface area (Å²) in [7, 11) is 1.65. The number of fused-ring (bicyclic) bond motifs is 1. The van der Waals surface area contributed by atoms with Gasteiger partial charge in [-0.3, -0.25) is 18.8 Å². The van der Waals surface area contributed by atoms with Gasteiger partial charge in [0.05, 0.1) is 17.2 Å². The maximum Gasteiger partial charge on any atom is 0.262 e. The van der Waals surface area contributed by atoms with Crippen LogP contribution >= 0.6 is 23.2 Å². The molecule has 2 aliphatic heterocycles. The lowest BCUT2D eigenvalue weighted by atomic mass is 9.95. The zero-order valence-electron chi connectivity index (χ0n) is 28.1. The Hall–Kier alpha value is -4.74. The fourth-order valence-corrected chi connectivity index (χ4v) is 7.48. The first kappa shape index (κ1) is 34.7. The number of hydrogen-bond acceptors (Lipinski definition) is 7. The third-order valence-corrected chi connectivity index (χ3v) is 10.4. The van der Waals surface area contributed by atoms with E-state index in [1.807, 2.05) is 66.7 Å². The van der Waals surface area contributed by atoms with Crippen LogP contribution in [0, 0.1) is 0 Å². The van der Waals surface area contributed by atoms with Crippen molar-refractivity contribution in [1.29, 1.82) is 0 Å². The van der Waals surface area contributed by atoms with E-state index in [1.165, 1.54) is 4.40 Å². The number of halogens is 2. The molecule has 3 aromatic carbocycles. The van der Waals surface area contributed by atoms with E-state index in [1.54, 1.807) is 19.5 Å². The normalized spacial score (nSPS) is 17.2. The molecule has 2 fully saturated rings. The number of ether oxygens (including phenoxy) is 1. The maximum atomic E-state index is 13.3. The van der Waals surface area contributed by atoms with Crippen molar-refractivity contribution in [3.05, 3.63) is 111 Å². The highest BCUT2D eigenvalue weighted by molar-refractivity contribution is 6.39. The Morgan fingerprint density at radius 3 is 1.90 bits per heavy atom. The van der Waals surface area contributed by atoms with Gasteiger partial charge in [-0.25, -0.2) is 4.98 Å². The Bertz CT molecular complexity index is 2190. The van der Waals surface area contributed by atoms with Crippen molar-refractivity contribution in [2.75, 3.05) is 20.2 Å². The number of methoxy groups -OCH3 is 1. The smallest absolute Gasteiger partial charge is 0.262 e. The van der Waals surface area contributed by atoms with Crippen molar-refractivity contribution in [1.82, 2.24) is 30.7 Å². The van der Waals surface area contributed by atoms with E-state index < -0.39 is 0 Å². The number of hydrogen-bond donors (Lipinski definition) is 4. The van der Waals surface area contributed by atoms with Crippen LogP contribution in [-0.4, -0.2) is 53.5 Å². The summed E-state index contributed by atoms with van der Waals surface area (Å²) in [6.45, 7) is 2.25. The summed E-state index contributed by atoms with van der Waals surface area (Å²) in [5, 5.41) is 13.7. The van der Waals surface area contributed by atoms with Gasteiger partial charge in [-0.2, -0.15) is 0 Å². The molecule has 0 unspecified atom stereocenters. The fraction of sp³-hybridized carbons (Fsp3) is 0.282. The molecule has 0 bridgehead atoms. The highest BCUT2D eigenvalue weighted by Crippen LogP contribution is 2.43. The lowest BCUT2D eigenvalue weighted by molar-refractivity contribution is -0.120. The first-order valence-corrected chi connectivity index (χ1v) is 17.8. The van der Waals surface area contributed by atoms with Gasteiger partial charge in [-0.15, -0.1) is 0 Å². The van der Waals surface area contributed by atoms with Crippen molar-refractivity contribution < 1.29 is 14.3 Å². The third kappa shape index (κ3) is 7.50. The molecule has 2 saturated heterocycles. The van der Waals surface area contributed by atoms with E-state index in [0.717, 1.165) is 57.5 Å². The predicted octanol–water partition coefficient (Wildman–Crippen LogP) is 5.75. The largest absolute Gasteiger partial charge is 0.496 e. The number of benzene rings is 3. The van der Waals surface area contributed by atoms with E-state index in [4.69, 9.17) is 27.9 Å². The van der Waals surface area contributed by atoms with Gasteiger partial charge in [-0.1, -0.05) is 71.7 Å². The summed E-state index contributed by atoms with van der Waals surface area (Å²) in [5.41, 5.74) is 6.80. The Morgan fingerprint density at radius 2 is 1.33 bits per heavy atom. The van der Waals surface area contributed by atoms with Crippen LogP contribution in [-0.2, 0) is 22.7 Å². The topological polar surface area (TPSA) is 126 Å². The second-order valence-electron chi connectivity index (χ2n) is 13.0. The molecule has 2 amide bonds. The lowest BCUT2D eigenvalue weighted by Gasteiger charge is -2.16. The number of carbonyl (C=O) groups excluding carboxylic acids is 2. The summed E-state index contributed by atoms with van der Waals surface area (Å²) in [4.78, 5) is 40.8. The van der Waals surface area contributed by atoms with Gasteiger partial charge in [0, 0.05) is 96.9 Å². The van der Waals surface area contributed by atoms with Gasteiger partial charge < -0.3 is 26.0 Å². The average Bonchev–Trinajstić information content (AvgIpc) is 3.76. The molecular weight excluding hydrogens is 687 g/mol. The van der Waals surface area contributed by atoms with Crippen LogP contribution in [0.15, 0.2) is 83.9 Å². The van der Waals surface area contributed by atoms with Crippen LogP contribution < -0.4 is 31.6 Å². The molecule has 7 rings (SSSR count). The quantitative estimate of drug-likeness (QED) is 0.129. The van der Waals surface area contributed by atoms with Crippen LogP contribution in [0.1, 0.15) is 36.8 Å². The highest BCUT2D eigenvalue weighted by Gasteiger charge is 2.22. The molecule has 0 spiro atoms. The zero-order valence-corrected chi connectivity index (χ0v) is 29.6. The number of amides is 2. The Labute approximate surface area is 305 Å². The van der Waals surface area contributed by atoms with Gasteiger partial charge in [0.2, 0.25) is 11.8 Å². The first-order chi connectivity index (χ1) is 24.8. The molecule has 5 aromatic rings. The number of pyridine rings is 1. The van der Waals surface area contributed by atoms with Crippen LogP contribution in [0.4, 0.5) is 0 Å². The number of carbonyl (C=O) groups is 2. The molecule has 4 N–H and O–H groups in total. The third-order valence-electron chi connectivity index (χ3n) is 9.56. The van der Waals surface area contributed by atoms with Crippen molar-refractivity contribution in [3.63, 3.8) is 0 Å². The average molecular weight is 726 g/mol. The van der Waals surface area contributed by atoms with Crippen LogP contribution in [0.25, 0.3) is 39.0 Å². The van der Waals surface area contributed by atoms with Crippen molar-refractivity contribution in [3.8, 4) is 39.1 Å². The molecule has 0 saturated carbocycles. The van der Waals surface area contributed by atoms with Gasteiger partial charge in [-0.05, 0) is 42.2 Å². The van der Waals surface area contributed by atoms with E-state index in [9.17, 15) is 14.4 Å². The van der Waals surface area contributed by atoms with E-state index in [-0.39, 0.29) is 29.5 Å². The number of aromatic nitrogens is 2. The molecule has 2 aromatic heterocycles. The standard InChI is InChI=1S/C39H38Cl2N6O4/c1-51-33-16-23(8-9-25(33)18-42-21-27-10-12-35(48)45-27)29-4-2-6-31(37(29)40)32-7-3-5-30(38(32)41)24-14-15-47-34(17-24)44-20-26(39(47)50)19-43-22-28-11-13-36(49)46-28/h2-9,14-17,20,27-28,42-43H,10-13,18-19,21-22H2,1H3,(H,45,48)(H,46,49)/t27-,28-/m1/s1. The molecule has 2 atom stereocenters. The van der Waals surface area contributed by atoms with E-state index in [0.29, 0.717) is 60.3 Å². The van der Waals surface area contributed by atoms with Crippen molar-refractivity contribution >= 4 is 40.7 Å². The Morgan fingerprint density at radius 1 is 0.765 bits per heavy atom. The van der Waals surface area contributed by atoms with Gasteiger partial charge in [0.25, 0.3) is 5.56 Å². The molecule has 0 aliphatic carbocycles. The van der Waals surface area contributed by atoms with Crippen LogP contribution in [0.5, 0.6) is 5.75 Å². The summed E-state index contributed by atoms with van der Waals surface area (Å²) >= 11 is 14.2. The predicted molar refractivity (Wildman–Crippen MR) is 200 cm³/mol. The minimum absolute atomic E-state index is 0.0632. The first-order valence-electron chi connectivity index (χ1n) is 17.0. The monoisotopic (exact) mass is 724 g/mol. The Kier molecular flexibility index (Phi) is 10.4. The minimum Gasteiger partial charge on any atom is -0.496 e. The minimum atomic E-state index is -0.155. The summed E-state index contributed by atoms with van der Waals surface area (Å²) in [6, 6.07) is 21.7. The van der Waals surface area contributed by atoms with E-state index >= 15 is 0 Å². The molecule has 10 nitrogen and oxygen atoms in total. The molecule has 262 valence electrons. The van der Waals surface area contributed by atoms with Crippen LogP contribution in [0.2, 0.25) is 10.0 Å². The molecule has 12 heteroatoms. The van der Waals surface area contributed by atoms with Gasteiger partial charge >= 0.3 is 0 Å². The van der Waals surface area contributed by atoms with Gasteiger partial charge in [0.1, 0.15) is 11.4 Å². The van der Waals surface area contributed by atoms with Gasteiger partial charge in [0.15, 0.2) is 0 Å². The molecular formula is C39H38Cl2N6O4. The van der Waals surface area contributed by atoms with E-state index in [2.05, 4.69) is 26.3 Å². The SMILES string of the molecule is COc1cc(-c2cccc(-c3cccc(-c4ccn5c(=O)c(CNC[C@H]6CCC(=O)N6)cnc5c4)c3Cl)c2Cl)ccc1CNC[C@H]1CCC(=O)N1. The second kappa shape index (κ2) is 15.2. The molecule has 51 heavy (non-hydrogen) atoms. The number of rotatable bonds is 12. The summed E-state index contributed by atoms with van der Waals surface area (Å²) in [6.07, 6.45) is 6.06. The number of nitrogens with one attached hydrogen (secondary N) is 4. The maximum absolute atomic E-state index is 13.3. The second-order valence-corrected chi connectivity index (χ2v) is 13.7. The summed E-state index contributed by atoms with van der Waals surface area (Å²) < 4.78 is 7.28.